The maximum absolute atomic E-state index is 12.8. The first-order valence-corrected chi connectivity index (χ1v) is 7.59. The van der Waals surface area contributed by atoms with Crippen LogP contribution in [0.1, 0.15) is 11.6 Å². The minimum Gasteiger partial charge on any atom is -0.377 e. The number of carbonyl (C=O) groups is 1. The first kappa shape index (κ1) is 17.5. The average molecular weight is 376 g/mol. The second-order valence-corrected chi connectivity index (χ2v) is 5.86. The van der Waals surface area contributed by atoms with Crippen molar-refractivity contribution in [3.63, 3.8) is 0 Å². The van der Waals surface area contributed by atoms with Crippen LogP contribution in [-0.4, -0.2) is 40.3 Å². The molecule has 1 fully saturated rings. The highest BCUT2D eigenvalue weighted by Crippen LogP contribution is 2.33. The van der Waals surface area contributed by atoms with Crippen LogP contribution in [0.2, 0.25) is 5.02 Å². The Morgan fingerprint density at radius 1 is 1.32 bits per heavy atom. The van der Waals surface area contributed by atoms with Gasteiger partial charge >= 0.3 is 12.2 Å². The van der Waals surface area contributed by atoms with Gasteiger partial charge < -0.3 is 15.4 Å². The molecule has 2 aromatic rings. The van der Waals surface area contributed by atoms with Crippen LogP contribution < -0.4 is 10.6 Å². The van der Waals surface area contributed by atoms with E-state index in [1.165, 1.54) is 12.3 Å². The quantitative estimate of drug-likeness (QED) is 0.864. The third-order valence-electron chi connectivity index (χ3n) is 3.63. The second kappa shape index (κ2) is 6.89. The topological polar surface area (TPSA) is 81.1 Å². The summed E-state index contributed by atoms with van der Waals surface area (Å²) in [7, 11) is 0. The number of rotatable bonds is 3. The molecule has 0 saturated carbocycles. The molecule has 3 rings (SSSR count). The average Bonchev–Trinajstić information content (AvgIpc) is 3.16. The fourth-order valence-corrected chi connectivity index (χ4v) is 2.73. The Bertz CT molecular complexity index is 753. The zero-order chi connectivity index (χ0) is 18.0. The maximum Gasteiger partial charge on any atom is 0.416 e. The van der Waals surface area contributed by atoms with Gasteiger partial charge in [-0.3, -0.25) is 0 Å². The van der Waals surface area contributed by atoms with Crippen LogP contribution in [0.25, 0.3) is 0 Å². The summed E-state index contributed by atoms with van der Waals surface area (Å²) in [5.74, 6) is 0. The smallest absolute Gasteiger partial charge is 0.377 e. The Morgan fingerprint density at radius 3 is 2.80 bits per heavy atom. The number of amides is 2. The third kappa shape index (κ3) is 4.20. The van der Waals surface area contributed by atoms with Crippen LogP contribution in [0.5, 0.6) is 0 Å². The molecule has 0 spiro atoms. The van der Waals surface area contributed by atoms with Crippen molar-refractivity contribution in [3.8, 4) is 0 Å². The number of ether oxygens (including phenoxy) is 1. The molecule has 1 aromatic carbocycles. The molecule has 2 heterocycles. The number of nitrogens with one attached hydrogen (secondary N) is 2. The molecular weight excluding hydrogens is 363 g/mol. The summed E-state index contributed by atoms with van der Waals surface area (Å²) in [4.78, 5) is 12.1. The number of urea groups is 1. The van der Waals surface area contributed by atoms with Gasteiger partial charge in [0.25, 0.3) is 0 Å². The number of hydrogen-bond acceptors (Lipinski definition) is 4. The van der Waals surface area contributed by atoms with Gasteiger partial charge in [0, 0.05) is 16.9 Å². The summed E-state index contributed by atoms with van der Waals surface area (Å²) >= 11 is 5.69. The van der Waals surface area contributed by atoms with Crippen LogP contribution in [0.15, 0.2) is 30.6 Å². The van der Waals surface area contributed by atoms with Gasteiger partial charge in [-0.05, 0) is 18.2 Å². The lowest BCUT2D eigenvalue weighted by Crippen LogP contribution is -2.43. The van der Waals surface area contributed by atoms with Gasteiger partial charge in [-0.15, -0.1) is 5.10 Å². The minimum absolute atomic E-state index is 0.0615. The molecule has 0 aliphatic carbocycles. The van der Waals surface area contributed by atoms with Gasteiger partial charge in [-0.25, -0.2) is 9.48 Å². The Balaban J connectivity index is 1.68. The first-order chi connectivity index (χ1) is 11.8. The largest absolute Gasteiger partial charge is 0.416 e. The number of nitrogens with zero attached hydrogens (tertiary/aromatic N) is 3. The summed E-state index contributed by atoms with van der Waals surface area (Å²) in [6.07, 6.45) is -1.42. The van der Waals surface area contributed by atoms with Gasteiger partial charge in [0.15, 0.2) is 0 Å². The van der Waals surface area contributed by atoms with E-state index in [1.54, 1.807) is 10.9 Å². The predicted octanol–water partition coefficient (Wildman–Crippen LogP) is 2.71. The molecule has 134 valence electrons. The summed E-state index contributed by atoms with van der Waals surface area (Å²) in [6, 6.07) is 1.51. The fourth-order valence-electron chi connectivity index (χ4n) is 2.50. The molecule has 7 nitrogen and oxygen atoms in total. The van der Waals surface area contributed by atoms with Crippen molar-refractivity contribution >= 4 is 23.3 Å². The van der Waals surface area contributed by atoms with Gasteiger partial charge in [0.05, 0.1) is 37.1 Å². The standard InChI is InChI=1S/C14H13ClF3N5O2/c15-9-3-8(14(16,17)18)4-10(5-9)20-13(24)21-11-6-25-7-12(11)23-2-1-19-22-23/h1-5,11-12H,6-7H2,(H2,20,21,24)/t11-,12+/m0/s1. The molecule has 2 amide bonds. The van der Waals surface area contributed by atoms with Crippen molar-refractivity contribution in [2.45, 2.75) is 18.3 Å². The zero-order valence-corrected chi connectivity index (χ0v) is 13.4. The minimum atomic E-state index is -4.56. The van der Waals surface area contributed by atoms with Gasteiger partial charge in [-0.1, -0.05) is 16.8 Å². The monoisotopic (exact) mass is 375 g/mol. The van der Waals surface area contributed by atoms with Crippen LogP contribution in [-0.2, 0) is 10.9 Å². The van der Waals surface area contributed by atoms with E-state index < -0.39 is 23.8 Å². The third-order valence-corrected chi connectivity index (χ3v) is 3.85. The van der Waals surface area contributed by atoms with E-state index in [-0.39, 0.29) is 23.4 Å². The van der Waals surface area contributed by atoms with Gasteiger partial charge in [0.1, 0.15) is 0 Å². The molecule has 1 aromatic heterocycles. The number of anilines is 1. The molecule has 11 heteroatoms. The van der Waals surface area contributed by atoms with E-state index in [0.717, 1.165) is 12.1 Å². The highest BCUT2D eigenvalue weighted by atomic mass is 35.5. The summed E-state index contributed by atoms with van der Waals surface area (Å²) in [5, 5.41) is 12.4. The lowest BCUT2D eigenvalue weighted by Gasteiger charge is -2.19. The predicted molar refractivity (Wildman–Crippen MR) is 82.3 cm³/mol. The summed E-state index contributed by atoms with van der Waals surface area (Å²) < 4.78 is 45.3. The maximum atomic E-state index is 12.8. The summed E-state index contributed by atoms with van der Waals surface area (Å²) in [5.41, 5.74) is -1.01. The Labute approximate surface area is 145 Å². The second-order valence-electron chi connectivity index (χ2n) is 5.42. The van der Waals surface area contributed by atoms with E-state index in [0.29, 0.717) is 6.61 Å². The molecule has 0 radical (unpaired) electrons. The first-order valence-electron chi connectivity index (χ1n) is 7.22. The number of halogens is 4. The molecule has 0 bridgehead atoms. The number of aromatic nitrogens is 3. The number of carbonyl (C=O) groups excluding carboxylic acids is 1. The van der Waals surface area contributed by atoms with Gasteiger partial charge in [-0.2, -0.15) is 13.2 Å². The van der Waals surface area contributed by atoms with Crippen molar-refractivity contribution in [3.05, 3.63) is 41.2 Å². The van der Waals surface area contributed by atoms with Crippen molar-refractivity contribution in [2.24, 2.45) is 0 Å². The van der Waals surface area contributed by atoms with Crippen molar-refractivity contribution in [1.82, 2.24) is 20.3 Å². The van der Waals surface area contributed by atoms with E-state index in [2.05, 4.69) is 20.9 Å². The van der Waals surface area contributed by atoms with Crippen LogP contribution in [0.4, 0.5) is 23.7 Å². The van der Waals surface area contributed by atoms with Crippen LogP contribution in [0, 0.1) is 0 Å². The SMILES string of the molecule is O=C(Nc1cc(Cl)cc(C(F)(F)F)c1)N[C@H]1COC[C@H]1n1ccnn1. The zero-order valence-electron chi connectivity index (χ0n) is 12.6. The lowest BCUT2D eigenvalue weighted by molar-refractivity contribution is -0.137. The number of alkyl halides is 3. The van der Waals surface area contributed by atoms with E-state index >= 15 is 0 Å². The molecule has 2 N–H and O–H groups in total. The van der Waals surface area contributed by atoms with Crippen molar-refractivity contribution in [2.75, 3.05) is 18.5 Å². The molecule has 25 heavy (non-hydrogen) atoms. The van der Waals surface area contributed by atoms with Crippen molar-refractivity contribution < 1.29 is 22.7 Å². The molecular formula is C14H13ClF3N5O2. The van der Waals surface area contributed by atoms with E-state index in [9.17, 15) is 18.0 Å². The summed E-state index contributed by atoms with van der Waals surface area (Å²) in [6.45, 7) is 0.588. The number of hydrogen-bond donors (Lipinski definition) is 2. The van der Waals surface area contributed by atoms with E-state index in [1.807, 2.05) is 0 Å². The lowest BCUT2D eigenvalue weighted by atomic mass is 10.2. The highest BCUT2D eigenvalue weighted by Gasteiger charge is 2.33. The van der Waals surface area contributed by atoms with Crippen LogP contribution >= 0.6 is 11.6 Å². The Kier molecular flexibility index (Phi) is 4.82. The molecule has 0 unspecified atom stereocenters. The Hall–Kier alpha value is -2.33. The molecule has 1 saturated heterocycles. The van der Waals surface area contributed by atoms with Gasteiger partial charge in [0.2, 0.25) is 0 Å². The molecule has 1 aliphatic heterocycles. The Morgan fingerprint density at radius 2 is 2.12 bits per heavy atom. The normalized spacial score (nSPS) is 20.5. The highest BCUT2D eigenvalue weighted by molar-refractivity contribution is 6.31. The molecule has 1 aliphatic rings. The van der Waals surface area contributed by atoms with Crippen LogP contribution in [0.3, 0.4) is 0 Å². The van der Waals surface area contributed by atoms with Crippen molar-refractivity contribution in [1.29, 1.82) is 0 Å². The molecule has 2 atom stereocenters. The van der Waals surface area contributed by atoms with E-state index in [4.69, 9.17) is 16.3 Å². The fraction of sp³-hybridized carbons (Fsp3) is 0.357. The number of benzene rings is 1.